The zero-order valence-corrected chi connectivity index (χ0v) is 14.2. The molecule has 0 aliphatic carbocycles. The van der Waals surface area contributed by atoms with E-state index in [1.54, 1.807) is 11.0 Å². The summed E-state index contributed by atoms with van der Waals surface area (Å²) in [6, 6.07) is 7.46. The van der Waals surface area contributed by atoms with Gasteiger partial charge in [-0.05, 0) is 53.2 Å². The van der Waals surface area contributed by atoms with Gasteiger partial charge >= 0.3 is 5.97 Å². The van der Waals surface area contributed by atoms with Crippen LogP contribution in [0, 0.1) is 5.92 Å². The van der Waals surface area contributed by atoms with Gasteiger partial charge in [0.05, 0.1) is 4.47 Å². The highest BCUT2D eigenvalue weighted by atomic mass is 79.9. The van der Waals surface area contributed by atoms with Gasteiger partial charge in [-0.2, -0.15) is 0 Å². The molecule has 122 valence electrons. The van der Waals surface area contributed by atoms with Gasteiger partial charge in [0.1, 0.15) is 5.58 Å². The van der Waals surface area contributed by atoms with Crippen LogP contribution in [-0.4, -0.2) is 35.0 Å². The topological polar surface area (TPSA) is 70.8 Å². The van der Waals surface area contributed by atoms with Crippen LogP contribution in [0.5, 0.6) is 0 Å². The molecule has 0 saturated carbocycles. The van der Waals surface area contributed by atoms with Gasteiger partial charge in [-0.25, -0.2) is 0 Å². The normalized spacial score (nSPS) is 18.3. The maximum Gasteiger partial charge on any atom is 0.303 e. The van der Waals surface area contributed by atoms with Crippen LogP contribution < -0.4 is 0 Å². The van der Waals surface area contributed by atoms with Gasteiger partial charge in [-0.3, -0.25) is 9.59 Å². The van der Waals surface area contributed by atoms with E-state index in [-0.39, 0.29) is 18.2 Å². The molecule has 3 rings (SSSR count). The van der Waals surface area contributed by atoms with Gasteiger partial charge in [0.2, 0.25) is 0 Å². The molecule has 1 aromatic carbocycles. The van der Waals surface area contributed by atoms with E-state index in [4.69, 9.17) is 9.52 Å². The molecule has 0 radical (unpaired) electrons. The molecule has 2 heterocycles. The molecule has 1 aliphatic heterocycles. The third-order valence-electron chi connectivity index (χ3n) is 4.28. The number of hydrogen-bond acceptors (Lipinski definition) is 3. The molecule has 1 N–H and O–H groups in total. The molecule has 1 fully saturated rings. The first-order valence-corrected chi connectivity index (χ1v) is 8.53. The lowest BCUT2D eigenvalue weighted by Crippen LogP contribution is -2.39. The fourth-order valence-corrected chi connectivity index (χ4v) is 3.56. The van der Waals surface area contributed by atoms with E-state index in [0.717, 1.165) is 22.7 Å². The number of rotatable bonds is 4. The number of likely N-dealkylation sites (tertiary alicyclic amines) is 1. The largest absolute Gasteiger partial charge is 0.481 e. The Hall–Kier alpha value is -1.82. The minimum absolute atomic E-state index is 0.117. The molecular formula is C17H18BrNO4. The summed E-state index contributed by atoms with van der Waals surface area (Å²) in [5, 5.41) is 9.69. The maximum absolute atomic E-state index is 12.7. The van der Waals surface area contributed by atoms with Crippen LogP contribution in [0.4, 0.5) is 0 Å². The van der Waals surface area contributed by atoms with Crippen LogP contribution in [0.3, 0.4) is 0 Å². The van der Waals surface area contributed by atoms with E-state index in [0.29, 0.717) is 30.9 Å². The number of aliphatic carboxylic acids is 1. The predicted octanol–water partition coefficient (Wildman–Crippen LogP) is 3.91. The Balaban J connectivity index is 1.73. The van der Waals surface area contributed by atoms with Crippen LogP contribution in [0.25, 0.3) is 11.0 Å². The Morgan fingerprint density at radius 2 is 2.22 bits per heavy atom. The lowest BCUT2D eigenvalue weighted by atomic mass is 9.93. The fourth-order valence-electron chi connectivity index (χ4n) is 3.10. The summed E-state index contributed by atoms with van der Waals surface area (Å²) in [7, 11) is 0. The fraction of sp³-hybridized carbons (Fsp3) is 0.412. The van der Waals surface area contributed by atoms with E-state index in [9.17, 15) is 9.59 Å². The van der Waals surface area contributed by atoms with E-state index >= 15 is 0 Å². The third kappa shape index (κ3) is 3.58. The molecule has 1 amide bonds. The molecular weight excluding hydrogens is 362 g/mol. The van der Waals surface area contributed by atoms with Crippen molar-refractivity contribution >= 4 is 38.8 Å². The van der Waals surface area contributed by atoms with E-state index in [1.165, 1.54) is 0 Å². The van der Waals surface area contributed by atoms with Crippen molar-refractivity contribution < 1.29 is 19.1 Å². The Bertz CT molecular complexity index is 739. The number of benzene rings is 1. The summed E-state index contributed by atoms with van der Waals surface area (Å²) < 4.78 is 6.54. The van der Waals surface area contributed by atoms with Gasteiger partial charge < -0.3 is 14.4 Å². The number of carboxylic acid groups (broad SMARTS) is 1. The van der Waals surface area contributed by atoms with Crippen molar-refractivity contribution in [2.24, 2.45) is 5.92 Å². The van der Waals surface area contributed by atoms with Crippen LogP contribution in [-0.2, 0) is 4.79 Å². The Morgan fingerprint density at radius 1 is 1.39 bits per heavy atom. The summed E-state index contributed by atoms with van der Waals surface area (Å²) in [6.45, 7) is 1.30. The van der Waals surface area contributed by atoms with Crippen LogP contribution in [0.1, 0.15) is 36.2 Å². The van der Waals surface area contributed by atoms with E-state index < -0.39 is 5.97 Å². The van der Waals surface area contributed by atoms with E-state index in [2.05, 4.69) is 15.9 Å². The first-order chi connectivity index (χ1) is 11.0. The highest BCUT2D eigenvalue weighted by molar-refractivity contribution is 9.10. The number of halogens is 1. The lowest BCUT2D eigenvalue weighted by Gasteiger charge is -2.32. The predicted molar refractivity (Wildman–Crippen MR) is 89.4 cm³/mol. The Kier molecular flexibility index (Phi) is 4.71. The van der Waals surface area contributed by atoms with Crippen molar-refractivity contribution in [1.29, 1.82) is 0 Å². The summed E-state index contributed by atoms with van der Waals surface area (Å²) in [6.07, 6.45) is 2.65. The number of furan rings is 1. The minimum atomic E-state index is -0.782. The van der Waals surface area contributed by atoms with Crippen molar-refractivity contribution in [2.75, 3.05) is 13.1 Å². The quantitative estimate of drug-likeness (QED) is 0.873. The maximum atomic E-state index is 12.7. The second-order valence-corrected chi connectivity index (χ2v) is 6.82. The minimum Gasteiger partial charge on any atom is -0.481 e. The number of fused-ring (bicyclic) bond motifs is 1. The highest BCUT2D eigenvalue weighted by Crippen LogP contribution is 2.29. The summed E-state index contributed by atoms with van der Waals surface area (Å²) >= 11 is 3.42. The first-order valence-electron chi connectivity index (χ1n) is 7.73. The van der Waals surface area contributed by atoms with Gasteiger partial charge in [-0.1, -0.05) is 12.1 Å². The van der Waals surface area contributed by atoms with Crippen LogP contribution in [0.15, 0.2) is 33.2 Å². The second kappa shape index (κ2) is 6.74. The smallest absolute Gasteiger partial charge is 0.303 e. The molecule has 1 aromatic heterocycles. The molecule has 0 spiro atoms. The van der Waals surface area contributed by atoms with Gasteiger partial charge in [0, 0.05) is 24.9 Å². The summed E-state index contributed by atoms with van der Waals surface area (Å²) in [5.41, 5.74) is 0.676. The number of carboxylic acids is 1. The average molecular weight is 380 g/mol. The van der Waals surface area contributed by atoms with Gasteiger partial charge in [0.15, 0.2) is 5.76 Å². The number of carbonyl (C=O) groups is 2. The third-order valence-corrected chi connectivity index (χ3v) is 4.90. The van der Waals surface area contributed by atoms with E-state index in [1.807, 2.05) is 18.2 Å². The molecule has 2 aromatic rings. The number of carbonyl (C=O) groups excluding carboxylic acids is 1. The van der Waals surface area contributed by atoms with Crippen molar-refractivity contribution in [3.05, 3.63) is 34.5 Å². The zero-order valence-electron chi connectivity index (χ0n) is 12.6. The van der Waals surface area contributed by atoms with Crippen LogP contribution >= 0.6 is 15.9 Å². The number of hydrogen-bond donors (Lipinski definition) is 1. The Labute approximate surface area is 142 Å². The molecule has 5 nitrogen and oxygen atoms in total. The molecule has 23 heavy (non-hydrogen) atoms. The van der Waals surface area contributed by atoms with Gasteiger partial charge in [0.25, 0.3) is 5.91 Å². The first kappa shape index (κ1) is 16.1. The molecule has 1 atom stereocenters. The number of para-hydroxylation sites is 1. The van der Waals surface area contributed by atoms with Crippen LogP contribution in [0.2, 0.25) is 0 Å². The number of nitrogens with zero attached hydrogens (tertiary/aromatic N) is 1. The lowest BCUT2D eigenvalue weighted by molar-refractivity contribution is -0.137. The monoisotopic (exact) mass is 379 g/mol. The van der Waals surface area contributed by atoms with Crippen molar-refractivity contribution in [1.82, 2.24) is 4.90 Å². The zero-order chi connectivity index (χ0) is 16.4. The highest BCUT2D eigenvalue weighted by Gasteiger charge is 2.27. The van der Waals surface area contributed by atoms with Crippen molar-refractivity contribution in [3.63, 3.8) is 0 Å². The molecule has 6 heteroatoms. The molecule has 0 bridgehead atoms. The molecule has 1 saturated heterocycles. The summed E-state index contributed by atoms with van der Waals surface area (Å²) in [5.74, 6) is -0.311. The molecule has 1 aliphatic rings. The second-order valence-electron chi connectivity index (χ2n) is 5.96. The average Bonchev–Trinajstić information content (AvgIpc) is 2.98. The standard InChI is InChI=1S/C17H18BrNO4/c18-13-5-1-4-12-9-14(23-16(12)13)17(22)19-8-2-3-11(10-19)6-7-15(20)21/h1,4-5,9,11H,2-3,6-8,10H2,(H,20,21)/t11-/m0/s1. The molecule has 0 unspecified atom stereocenters. The van der Waals surface area contributed by atoms with Gasteiger partial charge in [-0.15, -0.1) is 0 Å². The Morgan fingerprint density at radius 3 is 2.96 bits per heavy atom. The summed E-state index contributed by atoms with van der Waals surface area (Å²) in [4.78, 5) is 25.2. The SMILES string of the molecule is O=C(O)CC[C@@H]1CCCN(C(=O)c2cc3cccc(Br)c3o2)C1. The van der Waals surface area contributed by atoms with Crippen molar-refractivity contribution in [2.45, 2.75) is 25.7 Å². The van der Waals surface area contributed by atoms with Crippen molar-refractivity contribution in [3.8, 4) is 0 Å². The number of piperidine rings is 1. The number of amides is 1.